The Morgan fingerprint density at radius 3 is 2.79 bits per heavy atom. The number of carbonyl (C=O) groups is 1. The van der Waals surface area contributed by atoms with Gasteiger partial charge in [0.05, 0.1) is 11.4 Å². The van der Waals surface area contributed by atoms with E-state index in [0.717, 1.165) is 52.6 Å². The Hall–Kier alpha value is -4.23. The molecule has 0 aliphatic heterocycles. The molecule has 3 heterocycles. The van der Waals surface area contributed by atoms with Crippen molar-refractivity contribution in [3.63, 3.8) is 0 Å². The Labute approximate surface area is 232 Å². The Morgan fingerprint density at radius 2 is 2.10 bits per heavy atom. The number of amides is 1. The summed E-state index contributed by atoms with van der Waals surface area (Å²) in [6.45, 7) is 7.86. The topological polar surface area (TPSA) is 108 Å². The monoisotopic (exact) mass is 535 g/mol. The first-order chi connectivity index (χ1) is 18.8. The Kier molecular flexibility index (Phi) is 7.61. The Bertz CT molecular complexity index is 1600. The number of nitrogens with one attached hydrogen (secondary N) is 3. The molecule has 5 rings (SSSR count). The van der Waals surface area contributed by atoms with Crippen LogP contribution in [-0.2, 0) is 4.79 Å². The minimum atomic E-state index is 0.0738. The first kappa shape index (κ1) is 26.4. The molecule has 1 aliphatic rings. The number of allylic oxidation sites excluding steroid dienone is 5. The molecule has 0 bridgehead atoms. The lowest BCUT2D eigenvalue weighted by molar-refractivity contribution is -0.126. The normalized spacial score (nSPS) is 15.1. The molecule has 1 aliphatic carbocycles. The lowest BCUT2D eigenvalue weighted by Crippen LogP contribution is -2.33. The molecule has 4 aromatic rings. The largest absolute Gasteiger partial charge is 0.383 e. The predicted molar refractivity (Wildman–Crippen MR) is 163 cm³/mol. The van der Waals surface area contributed by atoms with Crippen molar-refractivity contribution < 1.29 is 4.79 Å². The van der Waals surface area contributed by atoms with Crippen LogP contribution in [0, 0.1) is 17.2 Å². The highest BCUT2D eigenvalue weighted by Crippen LogP contribution is 2.33. The standard InChI is InChI=1S/C32H33N5OS/c1-4-19(2)14-22(15-20(3)36-32(38)21-8-5-9-21)23-16-26(31(34)35-18-23)30(33)28-17-25-24(29-12-7-13-39-29)10-6-11-27(25)37-28/h4,6-7,10-19,21,33,37H,1,5,8-9H2,2-3H3,(H2,34,35)(H,36,38)/b20-15+,22-14+,33-30?/t19-/m0/s1. The molecule has 1 atom stereocenters. The predicted octanol–water partition coefficient (Wildman–Crippen LogP) is 7.32. The maximum atomic E-state index is 12.5. The molecule has 0 spiro atoms. The fourth-order valence-corrected chi connectivity index (χ4v) is 5.50. The van der Waals surface area contributed by atoms with Gasteiger partial charge in [-0.15, -0.1) is 17.9 Å². The molecule has 1 amide bonds. The van der Waals surface area contributed by atoms with Gasteiger partial charge in [0.25, 0.3) is 0 Å². The van der Waals surface area contributed by atoms with E-state index in [4.69, 9.17) is 11.1 Å². The summed E-state index contributed by atoms with van der Waals surface area (Å²) in [5.74, 6) is 0.562. The van der Waals surface area contributed by atoms with Gasteiger partial charge in [-0.1, -0.05) is 43.7 Å². The number of carbonyl (C=O) groups excluding carboxylic acids is 1. The van der Waals surface area contributed by atoms with Crippen LogP contribution in [-0.4, -0.2) is 21.6 Å². The van der Waals surface area contributed by atoms with Gasteiger partial charge in [-0.2, -0.15) is 0 Å². The number of H-pyrrole nitrogens is 1. The second-order valence-electron chi connectivity index (χ2n) is 10.1. The summed E-state index contributed by atoms with van der Waals surface area (Å²) in [4.78, 5) is 21.5. The number of nitrogens with zero attached hydrogens (tertiary/aromatic N) is 1. The van der Waals surface area contributed by atoms with Gasteiger partial charge in [-0.25, -0.2) is 4.98 Å². The number of benzene rings is 1. The quantitative estimate of drug-likeness (QED) is 0.102. The zero-order valence-electron chi connectivity index (χ0n) is 22.3. The molecule has 6 nitrogen and oxygen atoms in total. The minimum Gasteiger partial charge on any atom is -0.383 e. The summed E-state index contributed by atoms with van der Waals surface area (Å²) in [6.07, 6.45) is 10.6. The summed E-state index contributed by atoms with van der Waals surface area (Å²) in [5, 5.41) is 15.2. The molecule has 7 heteroatoms. The number of nitrogens with two attached hydrogens (primary N) is 1. The van der Waals surface area contributed by atoms with Crippen LogP contribution in [0.25, 0.3) is 26.9 Å². The van der Waals surface area contributed by atoms with Crippen molar-refractivity contribution in [3.8, 4) is 10.4 Å². The molecule has 0 radical (unpaired) electrons. The molecular formula is C32H33N5OS. The van der Waals surface area contributed by atoms with E-state index in [9.17, 15) is 4.79 Å². The van der Waals surface area contributed by atoms with E-state index in [2.05, 4.69) is 45.5 Å². The minimum absolute atomic E-state index is 0.0738. The summed E-state index contributed by atoms with van der Waals surface area (Å²) in [6, 6.07) is 14.2. The zero-order chi connectivity index (χ0) is 27.5. The third-order valence-electron chi connectivity index (χ3n) is 7.22. The molecule has 1 aromatic carbocycles. The molecule has 39 heavy (non-hydrogen) atoms. The van der Waals surface area contributed by atoms with Crippen molar-refractivity contribution in [2.24, 2.45) is 11.8 Å². The van der Waals surface area contributed by atoms with Crippen molar-refractivity contribution >= 4 is 45.2 Å². The SMILES string of the molecule is C=C[C@H](C)/C=C(\C=C(/C)NC(=O)C1CCC1)c1cnc(N)c(C(=N)c2cc3c(-c4cccs4)cccc3[nH]2)c1. The molecular weight excluding hydrogens is 502 g/mol. The zero-order valence-corrected chi connectivity index (χ0v) is 23.1. The average Bonchev–Trinajstić information content (AvgIpc) is 3.57. The van der Waals surface area contributed by atoms with Crippen molar-refractivity contribution in [3.05, 3.63) is 101 Å². The fourth-order valence-electron chi connectivity index (χ4n) is 4.73. The van der Waals surface area contributed by atoms with E-state index in [1.54, 1.807) is 17.5 Å². The van der Waals surface area contributed by atoms with Crippen molar-refractivity contribution in [2.45, 2.75) is 33.1 Å². The lowest BCUT2D eigenvalue weighted by Gasteiger charge is -2.24. The van der Waals surface area contributed by atoms with Crippen LogP contribution < -0.4 is 11.1 Å². The highest BCUT2D eigenvalue weighted by Gasteiger charge is 2.25. The lowest BCUT2D eigenvalue weighted by atomic mass is 9.85. The number of nitrogen functional groups attached to an aromatic ring is 1. The van der Waals surface area contributed by atoms with Crippen LogP contribution in [0.5, 0.6) is 0 Å². The number of rotatable bonds is 9. The molecule has 1 saturated carbocycles. The van der Waals surface area contributed by atoms with Gasteiger partial charge in [-0.3, -0.25) is 10.2 Å². The Morgan fingerprint density at radius 1 is 1.28 bits per heavy atom. The summed E-state index contributed by atoms with van der Waals surface area (Å²) >= 11 is 1.69. The maximum Gasteiger partial charge on any atom is 0.227 e. The van der Waals surface area contributed by atoms with Crippen LogP contribution in [0.15, 0.2) is 84.5 Å². The maximum absolute atomic E-state index is 12.5. The first-order valence-electron chi connectivity index (χ1n) is 13.2. The number of fused-ring (bicyclic) bond motifs is 1. The number of hydrogen-bond donors (Lipinski definition) is 4. The van der Waals surface area contributed by atoms with Crippen LogP contribution in [0.4, 0.5) is 5.82 Å². The van der Waals surface area contributed by atoms with Crippen LogP contribution in [0.2, 0.25) is 0 Å². The highest BCUT2D eigenvalue weighted by atomic mass is 32.1. The van der Waals surface area contributed by atoms with Crippen molar-refractivity contribution in [1.82, 2.24) is 15.3 Å². The number of aromatic nitrogens is 2. The van der Waals surface area contributed by atoms with E-state index in [1.807, 2.05) is 56.3 Å². The van der Waals surface area contributed by atoms with Gasteiger partial charge < -0.3 is 16.0 Å². The number of thiophene rings is 1. The van der Waals surface area contributed by atoms with E-state index in [-0.39, 0.29) is 29.3 Å². The average molecular weight is 536 g/mol. The smallest absolute Gasteiger partial charge is 0.227 e. The molecule has 198 valence electrons. The first-order valence-corrected chi connectivity index (χ1v) is 14.1. The van der Waals surface area contributed by atoms with Crippen molar-refractivity contribution in [1.29, 1.82) is 5.41 Å². The van der Waals surface area contributed by atoms with E-state index in [0.29, 0.717) is 11.3 Å². The molecule has 1 fully saturated rings. The number of anilines is 1. The number of pyridine rings is 1. The van der Waals surface area contributed by atoms with E-state index in [1.165, 1.54) is 4.88 Å². The van der Waals surface area contributed by atoms with Crippen molar-refractivity contribution in [2.75, 3.05) is 5.73 Å². The summed E-state index contributed by atoms with van der Waals surface area (Å²) < 4.78 is 0. The third kappa shape index (κ3) is 5.64. The van der Waals surface area contributed by atoms with Gasteiger partial charge in [0.15, 0.2) is 0 Å². The highest BCUT2D eigenvalue weighted by molar-refractivity contribution is 7.13. The third-order valence-corrected chi connectivity index (χ3v) is 8.13. The van der Waals surface area contributed by atoms with Crippen LogP contribution >= 0.6 is 11.3 Å². The molecule has 0 unspecified atom stereocenters. The van der Waals surface area contributed by atoms with Gasteiger partial charge >= 0.3 is 0 Å². The second-order valence-corrected chi connectivity index (χ2v) is 11.1. The van der Waals surface area contributed by atoms with Gasteiger partial charge in [-0.05, 0) is 67.0 Å². The van der Waals surface area contributed by atoms with Gasteiger partial charge in [0, 0.05) is 50.3 Å². The number of hydrogen-bond acceptors (Lipinski definition) is 5. The second kappa shape index (κ2) is 11.3. The molecule has 5 N–H and O–H groups in total. The van der Waals surface area contributed by atoms with Gasteiger partial charge in [0.1, 0.15) is 5.82 Å². The summed E-state index contributed by atoms with van der Waals surface area (Å²) in [5.41, 5.74) is 12.3. The van der Waals surface area contributed by atoms with Crippen LogP contribution in [0.1, 0.15) is 49.9 Å². The van der Waals surface area contributed by atoms with Crippen LogP contribution in [0.3, 0.4) is 0 Å². The van der Waals surface area contributed by atoms with E-state index >= 15 is 0 Å². The summed E-state index contributed by atoms with van der Waals surface area (Å²) in [7, 11) is 0. The molecule has 3 aromatic heterocycles. The van der Waals surface area contributed by atoms with E-state index < -0.39 is 0 Å². The molecule has 0 saturated heterocycles. The fraction of sp³-hybridized carbons (Fsp3) is 0.219. The Balaban J connectivity index is 1.49. The van der Waals surface area contributed by atoms with Gasteiger partial charge in [0.2, 0.25) is 5.91 Å². The number of aromatic amines is 1.